The Bertz CT molecular complexity index is 550. The lowest BCUT2D eigenvalue weighted by Crippen LogP contribution is -2.31. The fourth-order valence-electron chi connectivity index (χ4n) is 1.53. The van der Waals surface area contributed by atoms with Gasteiger partial charge in [-0.1, -0.05) is 6.92 Å². The molecule has 1 heterocycles. The molecule has 0 aliphatic carbocycles. The third-order valence-electron chi connectivity index (χ3n) is 2.71. The van der Waals surface area contributed by atoms with E-state index in [1.165, 1.54) is 0 Å². The van der Waals surface area contributed by atoms with Crippen LogP contribution in [0.15, 0.2) is 18.2 Å². The average molecular weight is 252 g/mol. The molecule has 5 heteroatoms. The quantitative estimate of drug-likeness (QED) is 0.881. The van der Waals surface area contributed by atoms with Crippen molar-refractivity contribution in [1.29, 1.82) is 0 Å². The summed E-state index contributed by atoms with van der Waals surface area (Å²) in [6.07, 6.45) is 0.907. The number of hydrogen-bond acceptors (Lipinski definition) is 2. The predicted molar refractivity (Wildman–Crippen MR) is 68.3 cm³/mol. The van der Waals surface area contributed by atoms with Crippen LogP contribution in [0.5, 0.6) is 0 Å². The zero-order chi connectivity index (χ0) is 12.4. The molecule has 1 amide bonds. The average Bonchev–Trinajstić information content (AvgIpc) is 2.67. The van der Waals surface area contributed by atoms with Crippen LogP contribution in [-0.4, -0.2) is 21.9 Å². The maximum absolute atomic E-state index is 11.9. The van der Waals surface area contributed by atoms with Crippen molar-refractivity contribution in [3.63, 3.8) is 0 Å². The van der Waals surface area contributed by atoms with E-state index >= 15 is 0 Å². The maximum Gasteiger partial charge on any atom is 0.251 e. The van der Waals surface area contributed by atoms with Crippen LogP contribution in [0.3, 0.4) is 0 Å². The van der Waals surface area contributed by atoms with E-state index in [0.29, 0.717) is 10.8 Å². The van der Waals surface area contributed by atoms with Crippen LogP contribution < -0.4 is 5.32 Å². The van der Waals surface area contributed by atoms with Crippen molar-refractivity contribution < 1.29 is 4.79 Å². The summed E-state index contributed by atoms with van der Waals surface area (Å²) in [6, 6.07) is 5.45. The van der Waals surface area contributed by atoms with Gasteiger partial charge in [-0.05, 0) is 43.1 Å². The number of rotatable bonds is 3. The summed E-state index contributed by atoms with van der Waals surface area (Å²) < 4.78 is 0. The number of carbonyl (C=O) groups is 1. The molecule has 0 spiro atoms. The van der Waals surface area contributed by atoms with Crippen molar-refractivity contribution in [3.05, 3.63) is 29.0 Å². The highest BCUT2D eigenvalue weighted by atomic mass is 35.5. The summed E-state index contributed by atoms with van der Waals surface area (Å²) in [7, 11) is 0. The van der Waals surface area contributed by atoms with Crippen LogP contribution >= 0.6 is 11.6 Å². The summed E-state index contributed by atoms with van der Waals surface area (Å²) in [5, 5.41) is 3.24. The Balaban J connectivity index is 2.26. The molecule has 4 nitrogen and oxygen atoms in total. The Kier molecular flexibility index (Phi) is 3.33. The smallest absolute Gasteiger partial charge is 0.251 e. The molecule has 0 fully saturated rings. The van der Waals surface area contributed by atoms with Crippen molar-refractivity contribution in [1.82, 2.24) is 15.3 Å². The molecular formula is C12H14ClN3O. The number of aromatic amines is 1. The minimum absolute atomic E-state index is 0.0769. The molecule has 0 aliphatic heterocycles. The Morgan fingerprint density at radius 3 is 3.06 bits per heavy atom. The van der Waals surface area contributed by atoms with E-state index in [4.69, 9.17) is 11.6 Å². The van der Waals surface area contributed by atoms with Crippen molar-refractivity contribution >= 4 is 28.5 Å². The number of imidazole rings is 1. The molecule has 2 aromatic rings. The van der Waals surface area contributed by atoms with Crippen LogP contribution in [0.4, 0.5) is 0 Å². The second-order valence-corrected chi connectivity index (χ2v) is 4.40. The number of nitrogens with one attached hydrogen (secondary N) is 2. The van der Waals surface area contributed by atoms with Gasteiger partial charge in [0.2, 0.25) is 5.28 Å². The Labute approximate surface area is 104 Å². The number of H-pyrrole nitrogens is 1. The van der Waals surface area contributed by atoms with Crippen molar-refractivity contribution in [2.24, 2.45) is 0 Å². The third-order valence-corrected chi connectivity index (χ3v) is 2.88. The number of halogens is 1. The van der Waals surface area contributed by atoms with E-state index < -0.39 is 0 Å². The van der Waals surface area contributed by atoms with E-state index in [2.05, 4.69) is 15.3 Å². The minimum atomic E-state index is -0.0769. The lowest BCUT2D eigenvalue weighted by atomic mass is 10.1. The summed E-state index contributed by atoms with van der Waals surface area (Å²) in [5.74, 6) is -0.0769. The molecule has 0 bridgehead atoms. The van der Waals surface area contributed by atoms with Crippen LogP contribution in [0.2, 0.25) is 5.28 Å². The fraction of sp³-hybridized carbons (Fsp3) is 0.333. The lowest BCUT2D eigenvalue weighted by Gasteiger charge is -2.11. The number of amides is 1. The molecule has 1 unspecified atom stereocenters. The number of aromatic nitrogens is 2. The van der Waals surface area contributed by atoms with Gasteiger partial charge < -0.3 is 10.3 Å². The third kappa shape index (κ3) is 2.58. The number of fused-ring (bicyclic) bond motifs is 1. The summed E-state index contributed by atoms with van der Waals surface area (Å²) in [6.45, 7) is 4.01. The zero-order valence-corrected chi connectivity index (χ0v) is 10.5. The molecule has 90 valence electrons. The molecule has 1 aromatic heterocycles. The molecule has 2 rings (SSSR count). The first-order valence-electron chi connectivity index (χ1n) is 5.56. The number of hydrogen-bond donors (Lipinski definition) is 2. The van der Waals surface area contributed by atoms with Gasteiger partial charge in [0.05, 0.1) is 11.0 Å². The van der Waals surface area contributed by atoms with Crippen molar-refractivity contribution in [2.75, 3.05) is 0 Å². The fourth-order valence-corrected chi connectivity index (χ4v) is 1.72. The Morgan fingerprint density at radius 2 is 2.35 bits per heavy atom. The van der Waals surface area contributed by atoms with Gasteiger partial charge >= 0.3 is 0 Å². The Hall–Kier alpha value is -1.55. The van der Waals surface area contributed by atoms with Gasteiger partial charge in [0, 0.05) is 11.6 Å². The second-order valence-electron chi connectivity index (χ2n) is 4.04. The predicted octanol–water partition coefficient (Wildman–Crippen LogP) is 2.74. The standard InChI is InChI=1S/C12H14ClN3O/c1-3-7(2)14-11(17)8-4-5-9-10(6-8)16-12(13)15-9/h4-7H,3H2,1-2H3,(H,14,17)(H,15,16). The second kappa shape index (κ2) is 4.75. The van der Waals surface area contributed by atoms with Gasteiger partial charge in [-0.3, -0.25) is 4.79 Å². The van der Waals surface area contributed by atoms with E-state index in [1.54, 1.807) is 18.2 Å². The molecular weight excluding hydrogens is 238 g/mol. The van der Waals surface area contributed by atoms with Crippen molar-refractivity contribution in [2.45, 2.75) is 26.3 Å². The van der Waals surface area contributed by atoms with Gasteiger partial charge in [-0.2, -0.15) is 0 Å². The minimum Gasteiger partial charge on any atom is -0.350 e. The molecule has 0 radical (unpaired) electrons. The molecule has 1 aromatic carbocycles. The van der Waals surface area contributed by atoms with Crippen LogP contribution in [0, 0.1) is 0 Å². The highest BCUT2D eigenvalue weighted by Gasteiger charge is 2.10. The number of carbonyl (C=O) groups excluding carboxylic acids is 1. The summed E-state index contributed by atoms with van der Waals surface area (Å²) >= 11 is 5.75. The SMILES string of the molecule is CCC(C)NC(=O)c1ccc2nc(Cl)[nH]c2c1. The van der Waals surface area contributed by atoms with Gasteiger partial charge in [0.25, 0.3) is 5.91 Å². The first-order chi connectivity index (χ1) is 8.10. The summed E-state index contributed by atoms with van der Waals surface area (Å²) in [5.41, 5.74) is 2.14. The monoisotopic (exact) mass is 251 g/mol. The highest BCUT2D eigenvalue weighted by molar-refractivity contribution is 6.29. The van der Waals surface area contributed by atoms with Crippen LogP contribution in [0.25, 0.3) is 11.0 Å². The van der Waals surface area contributed by atoms with E-state index in [1.807, 2.05) is 13.8 Å². The topological polar surface area (TPSA) is 57.8 Å². The largest absolute Gasteiger partial charge is 0.350 e. The van der Waals surface area contributed by atoms with Gasteiger partial charge in [0.1, 0.15) is 0 Å². The van der Waals surface area contributed by atoms with Gasteiger partial charge in [0.15, 0.2) is 0 Å². The van der Waals surface area contributed by atoms with Crippen LogP contribution in [0.1, 0.15) is 30.6 Å². The first kappa shape index (κ1) is 11.9. The van der Waals surface area contributed by atoms with E-state index in [-0.39, 0.29) is 11.9 Å². The van der Waals surface area contributed by atoms with E-state index in [0.717, 1.165) is 17.5 Å². The molecule has 2 N–H and O–H groups in total. The Morgan fingerprint density at radius 1 is 1.59 bits per heavy atom. The maximum atomic E-state index is 11.9. The van der Waals surface area contributed by atoms with Crippen LogP contribution in [-0.2, 0) is 0 Å². The normalized spacial score (nSPS) is 12.6. The van der Waals surface area contributed by atoms with Crippen molar-refractivity contribution in [3.8, 4) is 0 Å². The highest BCUT2D eigenvalue weighted by Crippen LogP contribution is 2.16. The molecule has 17 heavy (non-hydrogen) atoms. The molecule has 0 saturated carbocycles. The number of nitrogens with zero attached hydrogens (tertiary/aromatic N) is 1. The summed E-state index contributed by atoms with van der Waals surface area (Å²) in [4.78, 5) is 18.9. The van der Waals surface area contributed by atoms with Gasteiger partial charge in [-0.15, -0.1) is 0 Å². The first-order valence-corrected chi connectivity index (χ1v) is 5.94. The lowest BCUT2D eigenvalue weighted by molar-refractivity contribution is 0.0939. The zero-order valence-electron chi connectivity index (χ0n) is 9.75. The van der Waals surface area contributed by atoms with Gasteiger partial charge in [-0.25, -0.2) is 4.98 Å². The number of benzene rings is 1. The van der Waals surface area contributed by atoms with E-state index in [9.17, 15) is 4.79 Å². The molecule has 1 atom stereocenters. The molecule has 0 saturated heterocycles. The molecule has 0 aliphatic rings.